The van der Waals surface area contributed by atoms with Gasteiger partial charge in [0.25, 0.3) is 6.29 Å². The summed E-state index contributed by atoms with van der Waals surface area (Å²) in [7, 11) is 0. The number of ketones is 1. The molecule has 138 valence electrons. The lowest BCUT2D eigenvalue weighted by Crippen LogP contribution is -2.30. The monoisotopic (exact) mass is 359 g/mol. The normalized spacial score (nSPS) is 11.6. The molecule has 0 bridgehead atoms. The first-order chi connectivity index (χ1) is 12.5. The summed E-state index contributed by atoms with van der Waals surface area (Å²) in [6.07, 6.45) is 1.17. The van der Waals surface area contributed by atoms with Crippen molar-refractivity contribution in [1.82, 2.24) is 4.98 Å². The van der Waals surface area contributed by atoms with Gasteiger partial charge in [-0.05, 0) is 49.2 Å². The average molecular weight is 359 g/mol. The second kappa shape index (κ2) is 9.53. The number of Topliss-reactive ketones (excluding diaryl/α,β-unsaturated/α-hetero) is 1. The van der Waals surface area contributed by atoms with Crippen LogP contribution < -0.4 is 9.47 Å². The molecule has 0 radical (unpaired) electrons. The van der Waals surface area contributed by atoms with Crippen LogP contribution in [0.1, 0.15) is 29.9 Å². The highest BCUT2D eigenvalue weighted by atomic mass is 16.7. The number of ether oxygens (including phenoxy) is 3. The molecule has 0 aliphatic carbocycles. The minimum absolute atomic E-state index is 0.143. The van der Waals surface area contributed by atoms with Crippen molar-refractivity contribution in [3.63, 3.8) is 0 Å². The van der Waals surface area contributed by atoms with Crippen LogP contribution in [-0.4, -0.2) is 41.3 Å². The van der Waals surface area contributed by atoms with E-state index in [1.807, 2.05) is 13.0 Å². The molecule has 7 nitrogen and oxygen atoms in total. The highest BCUT2D eigenvalue weighted by molar-refractivity contribution is 5.95. The van der Waals surface area contributed by atoms with Crippen molar-refractivity contribution >= 4 is 11.8 Å². The molecule has 1 aromatic carbocycles. The SMILES string of the molecule is CCO[C@H](Oc1ccc(OCC(=O)c2ccc(CC)cn2)cc1)C(=O)O. The van der Waals surface area contributed by atoms with Gasteiger partial charge in [0, 0.05) is 12.8 Å². The summed E-state index contributed by atoms with van der Waals surface area (Å²) in [6, 6.07) is 9.80. The lowest BCUT2D eigenvalue weighted by molar-refractivity contribution is -0.170. The fourth-order valence-corrected chi connectivity index (χ4v) is 2.07. The third kappa shape index (κ3) is 5.56. The Kier molecular flexibility index (Phi) is 7.11. The molecule has 1 heterocycles. The molecule has 1 atom stereocenters. The van der Waals surface area contributed by atoms with E-state index in [1.54, 1.807) is 43.5 Å². The summed E-state index contributed by atoms with van der Waals surface area (Å²) in [5, 5.41) is 8.99. The number of carbonyl (C=O) groups is 2. The van der Waals surface area contributed by atoms with Crippen LogP contribution in [0, 0.1) is 0 Å². The summed E-state index contributed by atoms with van der Waals surface area (Å²) < 4.78 is 15.7. The number of carboxylic acids is 1. The molecule has 0 saturated heterocycles. The lowest BCUT2D eigenvalue weighted by atomic mass is 10.2. The summed E-state index contributed by atoms with van der Waals surface area (Å²) in [6.45, 7) is 3.77. The molecule has 2 rings (SSSR count). The standard InChI is InChI=1S/C19H21NO6/c1-3-13-5-10-16(20-11-13)17(21)12-25-14-6-8-15(9-7-14)26-19(18(22)23)24-4-2/h5-11,19H,3-4,12H2,1-2H3,(H,22,23)/t19-/m1/s1. The second-order valence-electron chi connectivity index (χ2n) is 5.33. The van der Waals surface area contributed by atoms with Gasteiger partial charge < -0.3 is 19.3 Å². The maximum atomic E-state index is 12.1. The maximum absolute atomic E-state index is 12.1. The molecule has 7 heteroatoms. The number of aliphatic carboxylic acids is 1. The summed E-state index contributed by atoms with van der Waals surface area (Å²) in [5.74, 6) is -0.657. The van der Waals surface area contributed by atoms with Crippen molar-refractivity contribution in [3.05, 3.63) is 53.9 Å². The van der Waals surface area contributed by atoms with Crippen LogP contribution in [0.15, 0.2) is 42.6 Å². The molecular formula is C19H21NO6. The number of hydrogen-bond acceptors (Lipinski definition) is 6. The molecule has 1 N–H and O–H groups in total. The van der Waals surface area contributed by atoms with Crippen molar-refractivity contribution in [2.45, 2.75) is 26.6 Å². The van der Waals surface area contributed by atoms with E-state index >= 15 is 0 Å². The number of rotatable bonds is 10. The highest BCUT2D eigenvalue weighted by Crippen LogP contribution is 2.19. The fourth-order valence-electron chi connectivity index (χ4n) is 2.07. The van der Waals surface area contributed by atoms with Crippen molar-refractivity contribution in [3.8, 4) is 11.5 Å². The van der Waals surface area contributed by atoms with E-state index in [-0.39, 0.29) is 19.0 Å². The van der Waals surface area contributed by atoms with Crippen molar-refractivity contribution < 1.29 is 28.9 Å². The number of benzene rings is 1. The Balaban J connectivity index is 1.90. The van der Waals surface area contributed by atoms with Crippen LogP contribution in [-0.2, 0) is 16.0 Å². The highest BCUT2D eigenvalue weighted by Gasteiger charge is 2.19. The Hall–Kier alpha value is -2.93. The minimum Gasteiger partial charge on any atom is -0.485 e. The number of hydrogen-bond donors (Lipinski definition) is 1. The summed E-state index contributed by atoms with van der Waals surface area (Å²) in [5.41, 5.74) is 1.41. The van der Waals surface area contributed by atoms with E-state index in [9.17, 15) is 9.59 Å². The van der Waals surface area contributed by atoms with E-state index in [2.05, 4.69) is 4.98 Å². The van der Waals surface area contributed by atoms with Gasteiger partial charge in [-0.1, -0.05) is 13.0 Å². The molecule has 2 aromatic rings. The molecule has 1 aromatic heterocycles. The molecule has 26 heavy (non-hydrogen) atoms. The Morgan fingerprint density at radius 2 is 1.77 bits per heavy atom. The van der Waals surface area contributed by atoms with Gasteiger partial charge >= 0.3 is 5.97 Å². The van der Waals surface area contributed by atoms with Gasteiger partial charge in [0.05, 0.1) is 0 Å². The number of pyridine rings is 1. The molecule has 0 spiro atoms. The van der Waals surface area contributed by atoms with Crippen molar-refractivity contribution in [2.75, 3.05) is 13.2 Å². The average Bonchev–Trinajstić information content (AvgIpc) is 2.66. The molecule has 0 amide bonds. The summed E-state index contributed by atoms with van der Waals surface area (Å²) in [4.78, 5) is 27.2. The van der Waals surface area contributed by atoms with Crippen LogP contribution in [0.5, 0.6) is 11.5 Å². The predicted molar refractivity (Wildman–Crippen MR) is 93.6 cm³/mol. The van der Waals surface area contributed by atoms with Gasteiger partial charge in [0.1, 0.15) is 17.2 Å². The number of carbonyl (C=O) groups excluding carboxylic acids is 1. The molecule has 0 fully saturated rings. The molecule has 0 aliphatic heterocycles. The fraction of sp³-hybridized carbons (Fsp3) is 0.316. The number of aryl methyl sites for hydroxylation is 1. The minimum atomic E-state index is -1.37. The van der Waals surface area contributed by atoms with Crippen molar-refractivity contribution in [1.29, 1.82) is 0 Å². The Bertz CT molecular complexity index is 727. The first-order valence-electron chi connectivity index (χ1n) is 8.25. The smallest absolute Gasteiger partial charge is 0.373 e. The van der Waals surface area contributed by atoms with Crippen LogP contribution in [0.3, 0.4) is 0 Å². The van der Waals surface area contributed by atoms with Gasteiger partial charge in [0.15, 0.2) is 6.61 Å². The van der Waals surface area contributed by atoms with Crippen LogP contribution in [0.25, 0.3) is 0 Å². The van der Waals surface area contributed by atoms with E-state index in [4.69, 9.17) is 19.3 Å². The third-order valence-corrected chi connectivity index (χ3v) is 3.48. The quantitative estimate of drug-likeness (QED) is 0.515. The zero-order valence-electron chi connectivity index (χ0n) is 14.7. The van der Waals surface area contributed by atoms with E-state index < -0.39 is 12.3 Å². The molecule has 0 unspecified atom stereocenters. The first kappa shape index (κ1) is 19.4. The van der Waals surface area contributed by atoms with Gasteiger partial charge in [-0.2, -0.15) is 0 Å². The van der Waals surface area contributed by atoms with Crippen LogP contribution >= 0.6 is 0 Å². The van der Waals surface area contributed by atoms with Gasteiger partial charge in [-0.15, -0.1) is 0 Å². The molecule has 0 saturated carbocycles. The second-order valence-corrected chi connectivity index (χ2v) is 5.33. The lowest BCUT2D eigenvalue weighted by Gasteiger charge is -2.14. The summed E-state index contributed by atoms with van der Waals surface area (Å²) >= 11 is 0. The molecule has 0 aliphatic rings. The zero-order valence-corrected chi connectivity index (χ0v) is 14.7. The molecular weight excluding hydrogens is 338 g/mol. The maximum Gasteiger partial charge on any atom is 0.373 e. The largest absolute Gasteiger partial charge is 0.485 e. The third-order valence-electron chi connectivity index (χ3n) is 3.48. The predicted octanol–water partition coefficient (Wildman–Crippen LogP) is 2.73. The number of aromatic nitrogens is 1. The van der Waals surface area contributed by atoms with E-state index in [1.165, 1.54) is 0 Å². The Morgan fingerprint density at radius 3 is 2.31 bits per heavy atom. The number of carboxylic acid groups (broad SMARTS) is 1. The van der Waals surface area contributed by atoms with E-state index in [0.29, 0.717) is 17.2 Å². The zero-order chi connectivity index (χ0) is 18.9. The first-order valence-corrected chi connectivity index (χ1v) is 8.25. The topological polar surface area (TPSA) is 95.0 Å². The van der Waals surface area contributed by atoms with E-state index in [0.717, 1.165) is 12.0 Å². The van der Waals surface area contributed by atoms with Gasteiger partial charge in [-0.25, -0.2) is 4.79 Å². The van der Waals surface area contributed by atoms with Crippen molar-refractivity contribution in [2.24, 2.45) is 0 Å². The Morgan fingerprint density at radius 1 is 1.08 bits per heavy atom. The Labute approximate surface area is 151 Å². The van der Waals surface area contributed by atoms with Crippen LogP contribution in [0.4, 0.5) is 0 Å². The number of nitrogens with zero attached hydrogens (tertiary/aromatic N) is 1. The van der Waals surface area contributed by atoms with Crippen LogP contribution in [0.2, 0.25) is 0 Å². The van der Waals surface area contributed by atoms with Gasteiger partial charge in [0.2, 0.25) is 5.78 Å². The van der Waals surface area contributed by atoms with Gasteiger partial charge in [-0.3, -0.25) is 9.78 Å².